The number of nitrogens with zero attached hydrogens (tertiary/aromatic N) is 3. The van der Waals surface area contributed by atoms with E-state index in [1.165, 1.54) is 0 Å². The quantitative estimate of drug-likeness (QED) is 0.261. The highest BCUT2D eigenvalue weighted by Gasteiger charge is 2.15. The van der Waals surface area contributed by atoms with Gasteiger partial charge in [0.25, 0.3) is 0 Å². The van der Waals surface area contributed by atoms with Crippen LogP contribution >= 0.6 is 0 Å². The van der Waals surface area contributed by atoms with Crippen LogP contribution in [0.2, 0.25) is 0 Å². The van der Waals surface area contributed by atoms with Gasteiger partial charge < -0.3 is 16.4 Å². The van der Waals surface area contributed by atoms with E-state index in [0.717, 1.165) is 25.1 Å². The summed E-state index contributed by atoms with van der Waals surface area (Å²) in [5.74, 6) is -0.240. The maximum Gasteiger partial charge on any atom is 0.229 e. The zero-order valence-corrected chi connectivity index (χ0v) is 12.0. The summed E-state index contributed by atoms with van der Waals surface area (Å²) >= 11 is 0. The van der Waals surface area contributed by atoms with E-state index in [2.05, 4.69) is 20.7 Å². The Kier molecular flexibility index (Phi) is 8.63. The molecule has 0 aliphatic heterocycles. The second-order valence-corrected chi connectivity index (χ2v) is 4.61. The first-order valence-electron chi connectivity index (χ1n) is 7.04. The van der Waals surface area contributed by atoms with Crippen LogP contribution in [0, 0.1) is 0 Å². The van der Waals surface area contributed by atoms with Crippen molar-refractivity contribution in [2.45, 2.75) is 25.4 Å². The third kappa shape index (κ3) is 7.31. The van der Waals surface area contributed by atoms with Crippen molar-refractivity contribution in [1.29, 1.82) is 0 Å². The molecule has 114 valence electrons. The highest BCUT2D eigenvalue weighted by molar-refractivity contribution is 5.81. The van der Waals surface area contributed by atoms with E-state index in [4.69, 9.17) is 11.3 Å². The first-order chi connectivity index (χ1) is 10.3. The molecule has 4 N–H and O–H groups in total. The van der Waals surface area contributed by atoms with Crippen molar-refractivity contribution in [3.8, 4) is 0 Å². The number of nitrogens with two attached hydrogens (primary N) is 1. The molecule has 0 aliphatic carbocycles. The summed E-state index contributed by atoms with van der Waals surface area (Å²) < 4.78 is 0. The monoisotopic (exact) mass is 290 g/mol. The molecule has 7 heteroatoms. The fourth-order valence-corrected chi connectivity index (χ4v) is 1.85. The molecule has 0 spiro atoms. The highest BCUT2D eigenvalue weighted by atomic mass is 16.2. The lowest BCUT2D eigenvalue weighted by molar-refractivity contribution is -0.122. The van der Waals surface area contributed by atoms with Gasteiger partial charge in [0.1, 0.15) is 6.04 Å². The Hall–Kier alpha value is -2.08. The van der Waals surface area contributed by atoms with Crippen LogP contribution in [0.3, 0.4) is 0 Å². The highest BCUT2D eigenvalue weighted by Crippen LogP contribution is 2.04. The van der Waals surface area contributed by atoms with Crippen molar-refractivity contribution in [2.75, 3.05) is 19.6 Å². The minimum atomic E-state index is -0.668. The summed E-state index contributed by atoms with van der Waals surface area (Å²) in [5, 5.41) is 9.50. The van der Waals surface area contributed by atoms with Gasteiger partial charge in [0, 0.05) is 24.5 Å². The van der Waals surface area contributed by atoms with Crippen molar-refractivity contribution in [3.63, 3.8) is 0 Å². The fraction of sp³-hybridized carbons (Fsp3) is 0.500. The minimum absolute atomic E-state index is 0.240. The number of carbonyl (C=O) groups is 1. The Bertz CT molecular complexity index is 458. The standard InChI is InChI=1S/C14H22N6O/c15-8-10-17-9-4-7-13(19-20-16)14(21)18-11-12-5-2-1-3-6-12/h1-3,5-6,13,17H,4,7-11,15H2,(H,18,21)/t13-/m0/s1. The van der Waals surface area contributed by atoms with Crippen molar-refractivity contribution >= 4 is 5.91 Å². The molecule has 1 rings (SSSR count). The van der Waals surface area contributed by atoms with Gasteiger partial charge in [-0.25, -0.2) is 0 Å². The zero-order chi connectivity index (χ0) is 15.3. The normalized spacial score (nSPS) is 11.5. The van der Waals surface area contributed by atoms with Crippen LogP contribution in [0.25, 0.3) is 10.4 Å². The van der Waals surface area contributed by atoms with E-state index in [-0.39, 0.29) is 5.91 Å². The molecule has 0 heterocycles. The van der Waals surface area contributed by atoms with Gasteiger partial charge in [-0.2, -0.15) is 0 Å². The predicted octanol–water partition coefficient (Wildman–Crippen LogP) is 1.31. The van der Waals surface area contributed by atoms with Gasteiger partial charge in [-0.3, -0.25) is 4.79 Å². The largest absolute Gasteiger partial charge is 0.352 e. The Morgan fingerprint density at radius 1 is 1.33 bits per heavy atom. The smallest absolute Gasteiger partial charge is 0.229 e. The molecule has 0 saturated carbocycles. The van der Waals surface area contributed by atoms with Gasteiger partial charge in [0.2, 0.25) is 5.91 Å². The van der Waals surface area contributed by atoms with Gasteiger partial charge in [-0.05, 0) is 30.5 Å². The second-order valence-electron chi connectivity index (χ2n) is 4.61. The molecule has 21 heavy (non-hydrogen) atoms. The van der Waals surface area contributed by atoms with E-state index in [1.54, 1.807) is 0 Å². The number of azide groups is 1. The summed E-state index contributed by atoms with van der Waals surface area (Å²) in [5.41, 5.74) is 14.9. The molecule has 0 radical (unpaired) electrons. The van der Waals surface area contributed by atoms with E-state index < -0.39 is 6.04 Å². The topological polar surface area (TPSA) is 116 Å². The van der Waals surface area contributed by atoms with Crippen molar-refractivity contribution < 1.29 is 4.79 Å². The van der Waals surface area contributed by atoms with E-state index in [9.17, 15) is 4.79 Å². The van der Waals surface area contributed by atoms with Crippen LogP contribution in [0.15, 0.2) is 35.4 Å². The molecular formula is C14H22N6O. The number of rotatable bonds is 10. The summed E-state index contributed by atoms with van der Waals surface area (Å²) in [7, 11) is 0. The Balaban J connectivity index is 2.36. The summed E-state index contributed by atoms with van der Waals surface area (Å²) in [4.78, 5) is 14.8. The summed E-state index contributed by atoms with van der Waals surface area (Å²) in [6.45, 7) is 2.51. The molecular weight excluding hydrogens is 268 g/mol. The van der Waals surface area contributed by atoms with Gasteiger partial charge in [-0.15, -0.1) is 0 Å². The minimum Gasteiger partial charge on any atom is -0.352 e. The van der Waals surface area contributed by atoms with Crippen LogP contribution in [0.4, 0.5) is 0 Å². The number of hydrogen-bond acceptors (Lipinski definition) is 4. The third-order valence-electron chi connectivity index (χ3n) is 2.96. The van der Waals surface area contributed by atoms with Crippen molar-refractivity contribution in [3.05, 3.63) is 46.3 Å². The van der Waals surface area contributed by atoms with Crippen LogP contribution in [0.5, 0.6) is 0 Å². The van der Waals surface area contributed by atoms with Crippen LogP contribution < -0.4 is 16.4 Å². The molecule has 0 fully saturated rings. The third-order valence-corrected chi connectivity index (χ3v) is 2.96. The average Bonchev–Trinajstić information content (AvgIpc) is 2.52. The van der Waals surface area contributed by atoms with Gasteiger partial charge >= 0.3 is 0 Å². The first-order valence-corrected chi connectivity index (χ1v) is 7.04. The molecule has 1 atom stereocenters. The lowest BCUT2D eigenvalue weighted by Gasteiger charge is -2.12. The number of carbonyl (C=O) groups excluding carboxylic acids is 1. The molecule has 0 unspecified atom stereocenters. The van der Waals surface area contributed by atoms with Crippen LogP contribution in [0.1, 0.15) is 18.4 Å². The lowest BCUT2D eigenvalue weighted by atomic mass is 10.1. The summed E-state index contributed by atoms with van der Waals surface area (Å²) in [6.07, 6.45) is 1.27. The lowest BCUT2D eigenvalue weighted by Crippen LogP contribution is -2.33. The van der Waals surface area contributed by atoms with E-state index >= 15 is 0 Å². The zero-order valence-electron chi connectivity index (χ0n) is 12.0. The first kappa shape index (κ1) is 17.0. The number of amides is 1. The van der Waals surface area contributed by atoms with E-state index in [0.29, 0.717) is 19.5 Å². The average molecular weight is 290 g/mol. The fourth-order valence-electron chi connectivity index (χ4n) is 1.85. The maximum absolute atomic E-state index is 12.0. The number of benzene rings is 1. The van der Waals surface area contributed by atoms with Crippen molar-refractivity contribution in [2.24, 2.45) is 10.8 Å². The van der Waals surface area contributed by atoms with Gasteiger partial charge in [0.15, 0.2) is 0 Å². The summed E-state index contributed by atoms with van der Waals surface area (Å²) in [6, 6.07) is 8.94. The molecule has 7 nitrogen and oxygen atoms in total. The molecule has 1 aromatic carbocycles. The SMILES string of the molecule is [N-]=[N+]=N[C@@H](CCCNCCN)C(=O)NCc1ccccc1. The molecule has 0 aliphatic rings. The number of nitrogens with one attached hydrogen (secondary N) is 2. The molecule has 0 bridgehead atoms. The maximum atomic E-state index is 12.0. The molecule has 0 saturated heterocycles. The molecule has 1 amide bonds. The van der Waals surface area contributed by atoms with Crippen molar-refractivity contribution in [1.82, 2.24) is 10.6 Å². The number of hydrogen-bond donors (Lipinski definition) is 3. The van der Waals surface area contributed by atoms with E-state index in [1.807, 2.05) is 30.3 Å². The van der Waals surface area contributed by atoms with Crippen LogP contribution in [-0.2, 0) is 11.3 Å². The Labute approximate surface area is 124 Å². The molecule has 1 aromatic rings. The van der Waals surface area contributed by atoms with Gasteiger partial charge in [0.05, 0.1) is 0 Å². The Morgan fingerprint density at radius 2 is 2.10 bits per heavy atom. The predicted molar refractivity (Wildman–Crippen MR) is 82.4 cm³/mol. The molecule has 0 aromatic heterocycles. The Morgan fingerprint density at radius 3 is 2.76 bits per heavy atom. The second kappa shape index (κ2) is 10.7. The van der Waals surface area contributed by atoms with Crippen LogP contribution in [-0.4, -0.2) is 31.6 Å². The van der Waals surface area contributed by atoms with Gasteiger partial charge in [-0.1, -0.05) is 35.4 Å².